The summed E-state index contributed by atoms with van der Waals surface area (Å²) in [7, 11) is 0. The molecule has 0 fully saturated rings. The number of carboxylic acid groups (broad SMARTS) is 1. The van der Waals surface area contributed by atoms with Crippen LogP contribution in [0.25, 0.3) is 0 Å². The summed E-state index contributed by atoms with van der Waals surface area (Å²) in [5.41, 5.74) is 1.13. The molecule has 0 radical (unpaired) electrons. The Morgan fingerprint density at radius 1 is 1.28 bits per heavy atom. The van der Waals surface area contributed by atoms with Gasteiger partial charge in [-0.25, -0.2) is 9.78 Å². The van der Waals surface area contributed by atoms with Gasteiger partial charge in [-0.3, -0.25) is 0 Å². The van der Waals surface area contributed by atoms with Gasteiger partial charge in [-0.15, -0.1) is 0 Å². The Balaban J connectivity index is 2.02. The van der Waals surface area contributed by atoms with Crippen LogP contribution < -0.4 is 5.32 Å². The van der Waals surface area contributed by atoms with Crippen LogP contribution in [0.4, 0.5) is 5.82 Å². The van der Waals surface area contributed by atoms with Crippen LogP contribution in [0, 0.1) is 0 Å². The number of nitrogens with zero attached hydrogens (tertiary/aromatic N) is 1. The molecule has 1 heterocycles. The summed E-state index contributed by atoms with van der Waals surface area (Å²) < 4.78 is 0. The van der Waals surface area contributed by atoms with Gasteiger partial charge in [-0.05, 0) is 23.8 Å². The molecule has 2 rings (SSSR count). The Bertz CT molecular complexity index is 555. The summed E-state index contributed by atoms with van der Waals surface area (Å²) in [6, 6.07) is 10.6. The zero-order valence-corrected chi connectivity index (χ0v) is 10.2. The molecule has 0 saturated heterocycles. The highest BCUT2D eigenvalue weighted by Crippen LogP contribution is 2.16. The third-order valence-electron chi connectivity index (χ3n) is 2.43. The molecule has 0 unspecified atom stereocenters. The van der Waals surface area contributed by atoms with Crippen LogP contribution in [0.5, 0.6) is 0 Å². The van der Waals surface area contributed by atoms with E-state index in [1.807, 2.05) is 24.3 Å². The van der Waals surface area contributed by atoms with Crippen molar-refractivity contribution in [3.8, 4) is 0 Å². The Kier molecular flexibility index (Phi) is 3.79. The Hall–Kier alpha value is -2.07. The lowest BCUT2D eigenvalue weighted by Gasteiger charge is -2.07. The van der Waals surface area contributed by atoms with Crippen molar-refractivity contribution in [2.24, 2.45) is 0 Å². The average molecular weight is 263 g/mol. The average Bonchev–Trinajstić information content (AvgIpc) is 2.38. The zero-order valence-electron chi connectivity index (χ0n) is 9.43. The summed E-state index contributed by atoms with van der Waals surface area (Å²) in [5.74, 6) is -0.375. The van der Waals surface area contributed by atoms with Gasteiger partial charge in [0.15, 0.2) is 0 Å². The number of halogens is 1. The Labute approximate surface area is 109 Å². The number of aromatic nitrogens is 1. The van der Waals surface area contributed by atoms with Crippen LogP contribution >= 0.6 is 11.6 Å². The molecule has 0 amide bonds. The summed E-state index contributed by atoms with van der Waals surface area (Å²) in [5, 5.41) is 12.5. The number of benzene rings is 1. The van der Waals surface area contributed by atoms with Gasteiger partial charge >= 0.3 is 5.97 Å². The minimum absolute atomic E-state index is 0.165. The van der Waals surface area contributed by atoms with Crippen molar-refractivity contribution in [2.75, 3.05) is 5.32 Å². The van der Waals surface area contributed by atoms with E-state index >= 15 is 0 Å². The SMILES string of the molecule is O=C(O)c1ccc(NCc2ccccc2Cl)nc1. The van der Waals surface area contributed by atoms with Crippen molar-refractivity contribution in [1.82, 2.24) is 4.98 Å². The minimum Gasteiger partial charge on any atom is -0.478 e. The van der Waals surface area contributed by atoms with Crippen LogP contribution in [-0.4, -0.2) is 16.1 Å². The lowest BCUT2D eigenvalue weighted by atomic mass is 10.2. The second-order valence-corrected chi connectivity index (χ2v) is 4.09. The Morgan fingerprint density at radius 2 is 2.06 bits per heavy atom. The number of carbonyl (C=O) groups is 1. The second-order valence-electron chi connectivity index (χ2n) is 3.68. The maximum atomic E-state index is 10.7. The van der Waals surface area contributed by atoms with Gasteiger partial charge in [0.1, 0.15) is 5.82 Å². The van der Waals surface area contributed by atoms with Crippen molar-refractivity contribution in [2.45, 2.75) is 6.54 Å². The third-order valence-corrected chi connectivity index (χ3v) is 2.80. The van der Waals surface area contributed by atoms with Crippen LogP contribution in [-0.2, 0) is 6.54 Å². The van der Waals surface area contributed by atoms with Crippen LogP contribution in [0.15, 0.2) is 42.6 Å². The van der Waals surface area contributed by atoms with E-state index in [0.717, 1.165) is 5.56 Å². The molecule has 4 nitrogen and oxygen atoms in total. The molecular formula is C13H11ClN2O2. The molecule has 1 aromatic carbocycles. The summed E-state index contributed by atoms with van der Waals surface area (Å²) in [6.45, 7) is 0.541. The number of pyridine rings is 1. The maximum absolute atomic E-state index is 10.7. The second kappa shape index (κ2) is 5.51. The molecule has 0 atom stereocenters. The number of anilines is 1. The summed E-state index contributed by atoms with van der Waals surface area (Å²) in [4.78, 5) is 14.7. The number of hydrogen-bond acceptors (Lipinski definition) is 3. The predicted molar refractivity (Wildman–Crippen MR) is 70.0 cm³/mol. The molecule has 0 saturated carbocycles. The maximum Gasteiger partial charge on any atom is 0.337 e. The molecule has 18 heavy (non-hydrogen) atoms. The van der Waals surface area contributed by atoms with Crippen molar-refractivity contribution in [1.29, 1.82) is 0 Å². The van der Waals surface area contributed by atoms with Gasteiger partial charge in [0.05, 0.1) is 5.56 Å². The number of carboxylic acids is 1. The summed E-state index contributed by atoms with van der Waals surface area (Å²) in [6.07, 6.45) is 1.32. The van der Waals surface area contributed by atoms with E-state index in [4.69, 9.17) is 16.7 Å². The van der Waals surface area contributed by atoms with Crippen LogP contribution in [0.2, 0.25) is 5.02 Å². The van der Waals surface area contributed by atoms with Crippen LogP contribution in [0.3, 0.4) is 0 Å². The number of rotatable bonds is 4. The van der Waals surface area contributed by atoms with Crippen molar-refractivity contribution >= 4 is 23.4 Å². The van der Waals surface area contributed by atoms with E-state index in [2.05, 4.69) is 10.3 Å². The topological polar surface area (TPSA) is 62.2 Å². The highest BCUT2D eigenvalue weighted by molar-refractivity contribution is 6.31. The lowest BCUT2D eigenvalue weighted by molar-refractivity contribution is 0.0696. The van der Waals surface area contributed by atoms with E-state index in [0.29, 0.717) is 17.4 Å². The van der Waals surface area contributed by atoms with Crippen molar-refractivity contribution in [3.05, 3.63) is 58.7 Å². The van der Waals surface area contributed by atoms with E-state index in [1.165, 1.54) is 12.3 Å². The highest BCUT2D eigenvalue weighted by atomic mass is 35.5. The molecule has 0 aliphatic rings. The van der Waals surface area contributed by atoms with E-state index in [-0.39, 0.29) is 5.56 Å². The molecule has 2 aromatic rings. The monoisotopic (exact) mass is 262 g/mol. The van der Waals surface area contributed by atoms with Gasteiger partial charge in [-0.1, -0.05) is 29.8 Å². The number of aromatic carboxylic acids is 1. The quantitative estimate of drug-likeness (QED) is 0.889. The first-order chi connectivity index (χ1) is 8.66. The molecule has 0 aliphatic heterocycles. The van der Waals surface area contributed by atoms with Crippen LogP contribution in [0.1, 0.15) is 15.9 Å². The fourth-order valence-electron chi connectivity index (χ4n) is 1.45. The fraction of sp³-hybridized carbons (Fsp3) is 0.0769. The minimum atomic E-state index is -0.986. The Morgan fingerprint density at radius 3 is 2.67 bits per heavy atom. The fourth-order valence-corrected chi connectivity index (χ4v) is 1.66. The van der Waals surface area contributed by atoms with E-state index in [1.54, 1.807) is 6.07 Å². The van der Waals surface area contributed by atoms with E-state index < -0.39 is 5.97 Å². The molecular weight excluding hydrogens is 252 g/mol. The highest BCUT2D eigenvalue weighted by Gasteiger charge is 2.03. The molecule has 0 aliphatic carbocycles. The molecule has 5 heteroatoms. The third kappa shape index (κ3) is 2.99. The first kappa shape index (κ1) is 12.4. The largest absolute Gasteiger partial charge is 0.478 e. The number of hydrogen-bond donors (Lipinski definition) is 2. The van der Waals surface area contributed by atoms with Gasteiger partial charge in [0.2, 0.25) is 0 Å². The normalized spacial score (nSPS) is 10.1. The van der Waals surface area contributed by atoms with E-state index in [9.17, 15) is 4.79 Å². The summed E-state index contributed by atoms with van der Waals surface area (Å²) >= 11 is 6.02. The zero-order chi connectivity index (χ0) is 13.0. The van der Waals surface area contributed by atoms with Gasteiger partial charge in [0, 0.05) is 17.8 Å². The van der Waals surface area contributed by atoms with Gasteiger partial charge in [0.25, 0.3) is 0 Å². The smallest absolute Gasteiger partial charge is 0.337 e. The first-order valence-corrected chi connectivity index (χ1v) is 5.71. The standard InChI is InChI=1S/C13H11ClN2O2/c14-11-4-2-1-3-9(11)7-15-12-6-5-10(8-16-12)13(17)18/h1-6,8H,7H2,(H,15,16)(H,17,18). The van der Waals surface area contributed by atoms with Gasteiger partial charge < -0.3 is 10.4 Å². The molecule has 0 bridgehead atoms. The molecule has 1 aromatic heterocycles. The first-order valence-electron chi connectivity index (χ1n) is 5.33. The van der Waals surface area contributed by atoms with Gasteiger partial charge in [-0.2, -0.15) is 0 Å². The molecule has 2 N–H and O–H groups in total. The molecule has 92 valence electrons. The van der Waals surface area contributed by atoms with Crippen molar-refractivity contribution < 1.29 is 9.90 Å². The lowest BCUT2D eigenvalue weighted by Crippen LogP contribution is -2.03. The number of nitrogens with one attached hydrogen (secondary N) is 1. The molecule has 0 spiro atoms. The van der Waals surface area contributed by atoms with Crippen molar-refractivity contribution in [3.63, 3.8) is 0 Å². The predicted octanol–water partition coefficient (Wildman–Crippen LogP) is 3.05.